The van der Waals surface area contributed by atoms with Crippen LogP contribution in [0.4, 0.5) is 0 Å². The Kier molecular flexibility index (Phi) is 2.24. The van der Waals surface area contributed by atoms with Gasteiger partial charge in [0.1, 0.15) is 10.7 Å². The van der Waals surface area contributed by atoms with Crippen molar-refractivity contribution in [2.24, 2.45) is 0 Å². The minimum absolute atomic E-state index is 0.0987. The van der Waals surface area contributed by atoms with Gasteiger partial charge in [0.25, 0.3) is 0 Å². The van der Waals surface area contributed by atoms with Gasteiger partial charge in [-0.1, -0.05) is 23.2 Å². The molecule has 2 heterocycles. The monoisotopic (exact) mass is 233 g/mol. The zero-order valence-electron chi connectivity index (χ0n) is 6.13. The van der Waals surface area contributed by atoms with Gasteiger partial charge in [0.15, 0.2) is 5.15 Å². The summed E-state index contributed by atoms with van der Waals surface area (Å²) in [6, 6.07) is 3.30. The molecule has 0 saturated heterocycles. The van der Waals surface area contributed by atoms with Crippen LogP contribution in [0.15, 0.2) is 12.1 Å². The van der Waals surface area contributed by atoms with Crippen molar-refractivity contribution >= 4 is 45.8 Å². The molecule has 2 rings (SSSR count). The average molecular weight is 234 g/mol. The Morgan fingerprint density at radius 1 is 0.923 bits per heavy atom. The lowest BCUT2D eigenvalue weighted by Gasteiger charge is -1.98. The second-order valence-electron chi connectivity index (χ2n) is 2.29. The van der Waals surface area contributed by atoms with Crippen LogP contribution in [0.3, 0.4) is 0 Å². The standard InChI is InChI=1S/C7H2Cl3N3/c8-4-2-1-3-5(12-4)6(9)13-7(10)11-3/h1-2H. The van der Waals surface area contributed by atoms with Crippen LogP contribution in [0.2, 0.25) is 15.6 Å². The van der Waals surface area contributed by atoms with Gasteiger partial charge < -0.3 is 0 Å². The number of aromatic nitrogens is 3. The SMILES string of the molecule is Clc1ccc2nc(Cl)nc(Cl)c2n1. The molecule has 66 valence electrons. The minimum Gasteiger partial charge on any atom is -0.231 e. The second-order valence-corrected chi connectivity index (χ2v) is 3.37. The average Bonchev–Trinajstić information content (AvgIpc) is 2.06. The first kappa shape index (κ1) is 8.94. The van der Waals surface area contributed by atoms with E-state index in [1.807, 2.05) is 0 Å². The number of hydrogen-bond donors (Lipinski definition) is 0. The molecule has 13 heavy (non-hydrogen) atoms. The Hall–Kier alpha value is -0.640. The number of hydrogen-bond acceptors (Lipinski definition) is 3. The zero-order chi connectivity index (χ0) is 9.42. The molecule has 0 N–H and O–H groups in total. The molecule has 2 aromatic heterocycles. The first-order valence-electron chi connectivity index (χ1n) is 3.32. The molecule has 0 aliphatic heterocycles. The third kappa shape index (κ3) is 1.68. The summed E-state index contributed by atoms with van der Waals surface area (Å²) < 4.78 is 0. The fourth-order valence-electron chi connectivity index (χ4n) is 0.928. The van der Waals surface area contributed by atoms with Crippen molar-refractivity contribution in [2.45, 2.75) is 0 Å². The minimum atomic E-state index is 0.0987. The van der Waals surface area contributed by atoms with Gasteiger partial charge in [-0.3, -0.25) is 0 Å². The van der Waals surface area contributed by atoms with E-state index in [1.165, 1.54) is 0 Å². The van der Waals surface area contributed by atoms with Crippen LogP contribution in [0.5, 0.6) is 0 Å². The molecular formula is C7H2Cl3N3. The molecule has 0 radical (unpaired) electrons. The van der Waals surface area contributed by atoms with Crippen molar-refractivity contribution < 1.29 is 0 Å². The molecule has 0 bridgehead atoms. The van der Waals surface area contributed by atoms with Gasteiger partial charge in [0, 0.05) is 0 Å². The second kappa shape index (κ2) is 3.25. The van der Waals surface area contributed by atoms with Crippen molar-refractivity contribution in [2.75, 3.05) is 0 Å². The number of fused-ring (bicyclic) bond motifs is 1. The first-order valence-corrected chi connectivity index (χ1v) is 4.45. The molecule has 0 fully saturated rings. The molecule has 6 heteroatoms. The van der Waals surface area contributed by atoms with E-state index >= 15 is 0 Å². The van der Waals surface area contributed by atoms with Gasteiger partial charge in [-0.25, -0.2) is 15.0 Å². The molecule has 0 spiro atoms. The quantitative estimate of drug-likeness (QED) is 0.400. The van der Waals surface area contributed by atoms with E-state index in [2.05, 4.69) is 15.0 Å². The molecule has 0 unspecified atom stereocenters. The normalized spacial score (nSPS) is 10.7. The number of pyridine rings is 1. The zero-order valence-corrected chi connectivity index (χ0v) is 8.40. The highest BCUT2D eigenvalue weighted by Gasteiger charge is 2.05. The van der Waals surface area contributed by atoms with Gasteiger partial charge in [0.05, 0.1) is 5.52 Å². The fraction of sp³-hybridized carbons (Fsp3) is 0. The number of rotatable bonds is 0. The molecule has 0 aromatic carbocycles. The summed E-state index contributed by atoms with van der Waals surface area (Å²) in [5, 5.41) is 0.652. The maximum Gasteiger partial charge on any atom is 0.224 e. The molecule has 0 atom stereocenters. The Labute approximate surface area is 88.7 Å². The Balaban J connectivity index is 2.87. The van der Waals surface area contributed by atoms with E-state index in [4.69, 9.17) is 34.8 Å². The summed E-state index contributed by atoms with van der Waals surface area (Å²) in [5.74, 6) is 0. The van der Waals surface area contributed by atoms with Gasteiger partial charge in [-0.2, -0.15) is 0 Å². The lowest BCUT2D eigenvalue weighted by Crippen LogP contribution is -1.89. The predicted molar refractivity (Wildman–Crippen MR) is 52.4 cm³/mol. The highest BCUT2D eigenvalue weighted by molar-refractivity contribution is 6.35. The van der Waals surface area contributed by atoms with Crippen molar-refractivity contribution in [1.82, 2.24) is 15.0 Å². The lowest BCUT2D eigenvalue weighted by atomic mass is 10.4. The molecule has 3 nitrogen and oxygen atoms in total. The number of nitrogens with zero attached hydrogens (tertiary/aromatic N) is 3. The van der Waals surface area contributed by atoms with Crippen LogP contribution in [-0.4, -0.2) is 15.0 Å². The van der Waals surface area contributed by atoms with Gasteiger partial charge >= 0.3 is 0 Å². The lowest BCUT2D eigenvalue weighted by molar-refractivity contribution is 1.20. The van der Waals surface area contributed by atoms with Crippen LogP contribution < -0.4 is 0 Å². The third-order valence-electron chi connectivity index (χ3n) is 1.44. The summed E-state index contributed by atoms with van der Waals surface area (Å²) in [6.45, 7) is 0. The van der Waals surface area contributed by atoms with Gasteiger partial charge in [0.2, 0.25) is 5.28 Å². The van der Waals surface area contributed by atoms with Gasteiger partial charge in [-0.15, -0.1) is 0 Å². The first-order chi connectivity index (χ1) is 6.16. The van der Waals surface area contributed by atoms with E-state index in [0.29, 0.717) is 16.2 Å². The number of halogens is 3. The van der Waals surface area contributed by atoms with Crippen LogP contribution in [-0.2, 0) is 0 Å². The van der Waals surface area contributed by atoms with E-state index < -0.39 is 0 Å². The molecule has 0 saturated carbocycles. The molecular weight excluding hydrogens is 232 g/mol. The topological polar surface area (TPSA) is 38.7 Å². The van der Waals surface area contributed by atoms with Crippen molar-refractivity contribution in [3.05, 3.63) is 27.7 Å². The van der Waals surface area contributed by atoms with E-state index in [-0.39, 0.29) is 10.4 Å². The van der Waals surface area contributed by atoms with Crippen molar-refractivity contribution in [3.8, 4) is 0 Å². The van der Waals surface area contributed by atoms with Crippen molar-refractivity contribution in [1.29, 1.82) is 0 Å². The summed E-state index contributed by atoms with van der Waals surface area (Å²) >= 11 is 17.0. The maximum absolute atomic E-state index is 5.78. The van der Waals surface area contributed by atoms with Crippen molar-refractivity contribution in [3.63, 3.8) is 0 Å². The highest BCUT2D eigenvalue weighted by Crippen LogP contribution is 2.21. The Morgan fingerprint density at radius 3 is 2.46 bits per heavy atom. The maximum atomic E-state index is 5.78. The highest BCUT2D eigenvalue weighted by atomic mass is 35.5. The van der Waals surface area contributed by atoms with E-state index in [9.17, 15) is 0 Å². The predicted octanol–water partition coefficient (Wildman–Crippen LogP) is 2.98. The Bertz CT molecular complexity index is 472. The molecule has 2 aromatic rings. The summed E-state index contributed by atoms with van der Waals surface area (Å²) in [7, 11) is 0. The molecule has 0 amide bonds. The van der Waals surface area contributed by atoms with Crippen LogP contribution in [0, 0.1) is 0 Å². The third-order valence-corrected chi connectivity index (χ3v) is 2.08. The summed E-state index contributed by atoms with van der Waals surface area (Å²) in [5.41, 5.74) is 1.04. The summed E-state index contributed by atoms with van der Waals surface area (Å²) in [6.07, 6.45) is 0. The van der Waals surface area contributed by atoms with Crippen LogP contribution >= 0.6 is 34.8 Å². The fourth-order valence-corrected chi connectivity index (χ4v) is 1.51. The smallest absolute Gasteiger partial charge is 0.224 e. The summed E-state index contributed by atoms with van der Waals surface area (Å²) in [4.78, 5) is 11.6. The van der Waals surface area contributed by atoms with Gasteiger partial charge in [-0.05, 0) is 23.7 Å². The molecule has 0 aliphatic carbocycles. The van der Waals surface area contributed by atoms with Crippen LogP contribution in [0.1, 0.15) is 0 Å². The van der Waals surface area contributed by atoms with E-state index in [1.54, 1.807) is 12.1 Å². The van der Waals surface area contributed by atoms with E-state index in [0.717, 1.165) is 0 Å². The molecule has 0 aliphatic rings. The largest absolute Gasteiger partial charge is 0.231 e. The van der Waals surface area contributed by atoms with Crippen LogP contribution in [0.25, 0.3) is 11.0 Å². The Morgan fingerprint density at radius 2 is 1.69 bits per heavy atom.